The van der Waals surface area contributed by atoms with E-state index < -0.39 is 5.92 Å². The Bertz CT molecular complexity index is 802. The lowest BCUT2D eigenvalue weighted by Gasteiger charge is -2.17. The molecular weight excluding hydrogens is 319 g/mol. The van der Waals surface area contributed by atoms with Gasteiger partial charge in [0.1, 0.15) is 5.82 Å². The summed E-state index contributed by atoms with van der Waals surface area (Å²) in [6.45, 7) is 4.17. The molecule has 2 aromatic rings. The van der Waals surface area contributed by atoms with E-state index in [4.69, 9.17) is 0 Å². The summed E-state index contributed by atoms with van der Waals surface area (Å²) in [7, 11) is 0. The van der Waals surface area contributed by atoms with Gasteiger partial charge in [0, 0.05) is 24.3 Å². The van der Waals surface area contributed by atoms with Crippen molar-refractivity contribution in [2.45, 2.75) is 26.7 Å². The van der Waals surface area contributed by atoms with E-state index in [1.807, 2.05) is 24.3 Å². The Morgan fingerprint density at radius 1 is 1.24 bits per heavy atom. The van der Waals surface area contributed by atoms with Gasteiger partial charge in [-0.1, -0.05) is 19.1 Å². The first-order valence-electron chi connectivity index (χ1n) is 8.44. The van der Waals surface area contributed by atoms with Crippen molar-refractivity contribution in [2.75, 3.05) is 16.8 Å². The summed E-state index contributed by atoms with van der Waals surface area (Å²) >= 11 is 0. The van der Waals surface area contributed by atoms with Gasteiger partial charge in [0.25, 0.3) is 0 Å². The molecule has 1 aliphatic heterocycles. The highest BCUT2D eigenvalue weighted by Crippen LogP contribution is 2.27. The number of nitrogens with one attached hydrogen (secondary N) is 1. The fourth-order valence-corrected chi connectivity index (χ4v) is 3.05. The molecular formula is C20H21FN2O2. The summed E-state index contributed by atoms with van der Waals surface area (Å²) in [4.78, 5) is 26.4. The second-order valence-corrected chi connectivity index (χ2v) is 6.37. The largest absolute Gasteiger partial charge is 0.326 e. The minimum Gasteiger partial charge on any atom is -0.326 e. The van der Waals surface area contributed by atoms with Crippen LogP contribution in [0.4, 0.5) is 15.8 Å². The van der Waals surface area contributed by atoms with Crippen LogP contribution in [0.3, 0.4) is 0 Å². The van der Waals surface area contributed by atoms with Gasteiger partial charge in [0.15, 0.2) is 0 Å². The summed E-state index contributed by atoms with van der Waals surface area (Å²) in [6, 6.07) is 12.1. The van der Waals surface area contributed by atoms with Crippen LogP contribution in [0, 0.1) is 18.7 Å². The predicted octanol–water partition coefficient (Wildman–Crippen LogP) is 3.69. The first kappa shape index (κ1) is 17.1. The van der Waals surface area contributed by atoms with Crippen LogP contribution in [0.2, 0.25) is 0 Å². The average Bonchev–Trinajstić information content (AvgIpc) is 2.99. The lowest BCUT2D eigenvalue weighted by molar-refractivity contribution is -0.122. The van der Waals surface area contributed by atoms with Gasteiger partial charge in [0.05, 0.1) is 5.92 Å². The van der Waals surface area contributed by atoms with Crippen molar-refractivity contribution in [3.8, 4) is 0 Å². The number of carbonyl (C=O) groups is 2. The van der Waals surface area contributed by atoms with Crippen LogP contribution in [-0.4, -0.2) is 18.4 Å². The van der Waals surface area contributed by atoms with E-state index in [2.05, 4.69) is 12.2 Å². The van der Waals surface area contributed by atoms with Crippen LogP contribution in [0.5, 0.6) is 0 Å². The topological polar surface area (TPSA) is 49.4 Å². The zero-order valence-corrected chi connectivity index (χ0v) is 14.4. The van der Waals surface area contributed by atoms with Gasteiger partial charge in [-0.2, -0.15) is 0 Å². The quantitative estimate of drug-likeness (QED) is 0.923. The Kier molecular flexibility index (Phi) is 4.83. The van der Waals surface area contributed by atoms with Gasteiger partial charge in [-0.25, -0.2) is 4.39 Å². The fraction of sp³-hybridized carbons (Fsp3) is 0.300. The highest BCUT2D eigenvalue weighted by molar-refractivity contribution is 6.03. The molecule has 0 aromatic heterocycles. The number of benzene rings is 2. The third kappa shape index (κ3) is 3.71. The third-order valence-electron chi connectivity index (χ3n) is 4.60. The molecule has 3 rings (SSSR count). The standard InChI is InChI=1S/C20H21FN2O2/c1-3-14-4-7-17(8-5-14)23-12-15(11-19(23)24)20(25)22-18-9-6-16(21)10-13(18)2/h4-10,15H,3,11-12H2,1-2H3,(H,22,25). The Balaban J connectivity index is 1.69. The van der Waals surface area contributed by atoms with Gasteiger partial charge in [-0.3, -0.25) is 9.59 Å². The number of hydrogen-bond acceptors (Lipinski definition) is 2. The molecule has 0 aliphatic carbocycles. The normalized spacial score (nSPS) is 17.0. The monoisotopic (exact) mass is 340 g/mol. The first-order valence-corrected chi connectivity index (χ1v) is 8.44. The Morgan fingerprint density at radius 3 is 2.60 bits per heavy atom. The summed E-state index contributed by atoms with van der Waals surface area (Å²) in [5.74, 6) is -1.02. The van der Waals surface area contributed by atoms with Crippen molar-refractivity contribution < 1.29 is 14.0 Å². The molecule has 1 saturated heterocycles. The van der Waals surface area contributed by atoms with Crippen molar-refractivity contribution in [3.05, 3.63) is 59.4 Å². The number of carbonyl (C=O) groups excluding carboxylic acids is 2. The zero-order chi connectivity index (χ0) is 18.0. The van der Waals surface area contributed by atoms with Gasteiger partial charge < -0.3 is 10.2 Å². The van der Waals surface area contributed by atoms with Crippen LogP contribution in [-0.2, 0) is 16.0 Å². The highest BCUT2D eigenvalue weighted by atomic mass is 19.1. The van der Waals surface area contributed by atoms with Gasteiger partial charge in [0.2, 0.25) is 11.8 Å². The minimum atomic E-state index is -0.414. The molecule has 2 aromatic carbocycles. The van der Waals surface area contributed by atoms with Gasteiger partial charge in [-0.15, -0.1) is 0 Å². The molecule has 2 amide bonds. The molecule has 1 fully saturated rings. The summed E-state index contributed by atoms with van der Waals surface area (Å²) in [5.41, 5.74) is 3.25. The first-order chi connectivity index (χ1) is 12.0. The molecule has 130 valence electrons. The minimum absolute atomic E-state index is 0.0553. The number of halogens is 1. The second-order valence-electron chi connectivity index (χ2n) is 6.37. The van der Waals surface area contributed by atoms with E-state index >= 15 is 0 Å². The molecule has 25 heavy (non-hydrogen) atoms. The molecule has 1 aliphatic rings. The van der Waals surface area contributed by atoms with E-state index in [1.54, 1.807) is 17.9 Å². The maximum absolute atomic E-state index is 13.2. The molecule has 0 bridgehead atoms. The Labute approximate surface area is 146 Å². The lowest BCUT2D eigenvalue weighted by atomic mass is 10.1. The molecule has 0 spiro atoms. The van der Waals surface area contributed by atoms with Crippen LogP contribution in [0.25, 0.3) is 0 Å². The van der Waals surface area contributed by atoms with Crippen molar-refractivity contribution >= 4 is 23.2 Å². The maximum Gasteiger partial charge on any atom is 0.229 e. The van der Waals surface area contributed by atoms with Crippen molar-refractivity contribution in [3.63, 3.8) is 0 Å². The number of nitrogens with zero attached hydrogens (tertiary/aromatic N) is 1. The van der Waals surface area contributed by atoms with Crippen LogP contribution < -0.4 is 10.2 Å². The SMILES string of the molecule is CCc1ccc(N2CC(C(=O)Nc3ccc(F)cc3C)CC2=O)cc1. The number of hydrogen-bond donors (Lipinski definition) is 1. The highest BCUT2D eigenvalue weighted by Gasteiger charge is 2.35. The smallest absolute Gasteiger partial charge is 0.229 e. The average molecular weight is 340 g/mol. The van der Waals surface area contributed by atoms with E-state index in [0.29, 0.717) is 17.8 Å². The fourth-order valence-electron chi connectivity index (χ4n) is 3.05. The second kappa shape index (κ2) is 7.05. The molecule has 4 nitrogen and oxygen atoms in total. The lowest BCUT2D eigenvalue weighted by Crippen LogP contribution is -2.28. The van der Waals surface area contributed by atoms with E-state index in [-0.39, 0.29) is 24.1 Å². The maximum atomic E-state index is 13.2. The number of rotatable bonds is 4. The molecule has 1 atom stereocenters. The molecule has 0 radical (unpaired) electrons. The van der Waals surface area contributed by atoms with Gasteiger partial charge >= 0.3 is 0 Å². The molecule has 1 heterocycles. The van der Waals surface area contributed by atoms with Crippen molar-refractivity contribution in [2.24, 2.45) is 5.92 Å². The molecule has 5 heteroatoms. The number of anilines is 2. The number of aryl methyl sites for hydroxylation is 2. The molecule has 1 unspecified atom stereocenters. The summed E-state index contributed by atoms with van der Waals surface area (Å²) in [5, 5.41) is 2.81. The predicted molar refractivity (Wildman–Crippen MR) is 96.0 cm³/mol. The van der Waals surface area contributed by atoms with Crippen LogP contribution in [0.15, 0.2) is 42.5 Å². The molecule has 0 saturated carbocycles. The third-order valence-corrected chi connectivity index (χ3v) is 4.60. The number of amides is 2. The Morgan fingerprint density at radius 2 is 1.96 bits per heavy atom. The van der Waals surface area contributed by atoms with E-state index in [1.165, 1.54) is 17.7 Å². The van der Waals surface area contributed by atoms with Crippen LogP contribution >= 0.6 is 0 Å². The molecule has 1 N–H and O–H groups in total. The summed E-state index contributed by atoms with van der Waals surface area (Å²) < 4.78 is 13.2. The van der Waals surface area contributed by atoms with Crippen molar-refractivity contribution in [1.29, 1.82) is 0 Å². The van der Waals surface area contributed by atoms with Crippen LogP contribution in [0.1, 0.15) is 24.5 Å². The Hall–Kier alpha value is -2.69. The zero-order valence-electron chi connectivity index (χ0n) is 14.4. The van der Waals surface area contributed by atoms with E-state index in [0.717, 1.165) is 12.1 Å². The summed E-state index contributed by atoms with van der Waals surface area (Å²) in [6.07, 6.45) is 1.12. The van der Waals surface area contributed by atoms with Gasteiger partial charge in [-0.05, 0) is 54.8 Å². The van der Waals surface area contributed by atoms with E-state index in [9.17, 15) is 14.0 Å². The van der Waals surface area contributed by atoms with Crippen molar-refractivity contribution in [1.82, 2.24) is 0 Å².